The highest BCUT2D eigenvalue weighted by molar-refractivity contribution is 6.31. The summed E-state index contributed by atoms with van der Waals surface area (Å²) in [7, 11) is 0. The van der Waals surface area contributed by atoms with Gasteiger partial charge in [-0.25, -0.2) is 9.37 Å². The minimum Gasteiger partial charge on any atom is -0.355 e. The third kappa shape index (κ3) is 6.01. The summed E-state index contributed by atoms with van der Waals surface area (Å²) in [5.41, 5.74) is 7.19. The van der Waals surface area contributed by atoms with Crippen molar-refractivity contribution in [1.82, 2.24) is 20.2 Å². The summed E-state index contributed by atoms with van der Waals surface area (Å²) in [5, 5.41) is 7.11. The number of carbonyl (C=O) groups excluding carboxylic acids is 1. The van der Waals surface area contributed by atoms with Gasteiger partial charge in [0.15, 0.2) is 0 Å². The van der Waals surface area contributed by atoms with Crippen molar-refractivity contribution in [2.24, 2.45) is 11.1 Å². The van der Waals surface area contributed by atoms with Crippen LogP contribution in [0, 0.1) is 11.2 Å². The zero-order valence-electron chi connectivity index (χ0n) is 21.3. The van der Waals surface area contributed by atoms with Crippen molar-refractivity contribution in [3.8, 4) is 0 Å². The van der Waals surface area contributed by atoms with E-state index < -0.39 is 23.3 Å². The first kappa shape index (κ1) is 27.6. The van der Waals surface area contributed by atoms with Crippen LogP contribution in [0.15, 0.2) is 61.2 Å². The van der Waals surface area contributed by atoms with Gasteiger partial charge in [0, 0.05) is 42.5 Å². The van der Waals surface area contributed by atoms with Crippen LogP contribution in [0.25, 0.3) is 0 Å². The van der Waals surface area contributed by atoms with E-state index in [0.29, 0.717) is 23.6 Å². The van der Waals surface area contributed by atoms with E-state index in [1.807, 2.05) is 22.9 Å². The van der Waals surface area contributed by atoms with Crippen LogP contribution in [0.1, 0.15) is 50.7 Å². The number of aryl methyl sites for hydroxylation is 1. The molecule has 1 fully saturated rings. The van der Waals surface area contributed by atoms with Gasteiger partial charge in [0.25, 0.3) is 0 Å². The molecule has 9 heteroatoms. The lowest BCUT2D eigenvalue weighted by molar-refractivity contribution is -0.123. The van der Waals surface area contributed by atoms with Crippen molar-refractivity contribution in [2.45, 2.75) is 63.7 Å². The molecule has 1 aliphatic heterocycles. The predicted octanol–water partition coefficient (Wildman–Crippen LogP) is 5.25. The van der Waals surface area contributed by atoms with E-state index in [4.69, 9.17) is 28.9 Å². The van der Waals surface area contributed by atoms with Crippen molar-refractivity contribution in [3.63, 3.8) is 0 Å². The van der Waals surface area contributed by atoms with Crippen molar-refractivity contribution >= 4 is 29.1 Å². The summed E-state index contributed by atoms with van der Waals surface area (Å²) < 4.78 is 17.5. The van der Waals surface area contributed by atoms with E-state index >= 15 is 4.39 Å². The molecular weight excluding hydrogens is 512 g/mol. The predicted molar refractivity (Wildman–Crippen MR) is 146 cm³/mol. The fourth-order valence-electron chi connectivity index (χ4n) is 5.33. The highest BCUT2D eigenvalue weighted by atomic mass is 35.5. The summed E-state index contributed by atoms with van der Waals surface area (Å²) >= 11 is 12.4. The van der Waals surface area contributed by atoms with Crippen molar-refractivity contribution in [3.05, 3.63) is 88.2 Å². The summed E-state index contributed by atoms with van der Waals surface area (Å²) in [5.74, 6) is -1.50. The molecule has 0 bridgehead atoms. The molecular formula is C28H34Cl2FN5O. The largest absolute Gasteiger partial charge is 0.355 e. The Labute approximate surface area is 227 Å². The van der Waals surface area contributed by atoms with Gasteiger partial charge in [-0.3, -0.25) is 4.79 Å². The molecule has 2 aromatic carbocycles. The first-order chi connectivity index (χ1) is 17.5. The number of hydrogen-bond donors (Lipinski definition) is 3. The molecule has 1 amide bonds. The number of nitrogens with one attached hydrogen (secondary N) is 2. The van der Waals surface area contributed by atoms with Crippen molar-refractivity contribution < 1.29 is 9.18 Å². The molecule has 0 aliphatic carbocycles. The third-order valence-electron chi connectivity index (χ3n) is 7.02. The second-order valence-corrected chi connectivity index (χ2v) is 11.8. The lowest BCUT2D eigenvalue weighted by atomic mass is 9.68. The number of rotatable bonds is 8. The lowest BCUT2D eigenvalue weighted by Crippen LogP contribution is -2.52. The number of hydrogen-bond acceptors (Lipinski definition) is 4. The Kier molecular flexibility index (Phi) is 8.29. The second-order valence-electron chi connectivity index (χ2n) is 11.0. The molecule has 37 heavy (non-hydrogen) atoms. The first-order valence-electron chi connectivity index (χ1n) is 12.5. The molecule has 1 aliphatic rings. The zero-order chi connectivity index (χ0) is 26.8. The summed E-state index contributed by atoms with van der Waals surface area (Å²) in [6.07, 6.45) is 6.73. The van der Waals surface area contributed by atoms with Crippen LogP contribution in [0.4, 0.5) is 4.39 Å². The zero-order valence-corrected chi connectivity index (χ0v) is 22.9. The Morgan fingerprint density at radius 1 is 1.22 bits per heavy atom. The molecule has 4 rings (SSSR count). The van der Waals surface area contributed by atoms with Crippen LogP contribution in [-0.2, 0) is 16.9 Å². The number of benzene rings is 2. The Hall–Kier alpha value is -2.45. The van der Waals surface area contributed by atoms with Gasteiger partial charge in [-0.15, -0.1) is 0 Å². The van der Waals surface area contributed by atoms with Gasteiger partial charge in [-0.05, 0) is 47.6 Å². The Balaban J connectivity index is 1.72. The first-order valence-corrected chi connectivity index (χ1v) is 13.2. The van der Waals surface area contributed by atoms with E-state index in [-0.39, 0.29) is 22.4 Å². The molecule has 0 radical (unpaired) electrons. The Morgan fingerprint density at radius 2 is 1.95 bits per heavy atom. The summed E-state index contributed by atoms with van der Waals surface area (Å²) in [6, 6.07) is 11.0. The molecule has 4 N–H and O–H groups in total. The monoisotopic (exact) mass is 545 g/mol. The van der Waals surface area contributed by atoms with E-state index in [0.717, 1.165) is 18.5 Å². The maximum absolute atomic E-state index is 15.6. The number of halogens is 3. The average molecular weight is 547 g/mol. The minimum absolute atomic E-state index is 0.00489. The molecule has 2 heterocycles. The minimum atomic E-state index is -1.11. The fraction of sp³-hybridized carbons (Fsp3) is 0.429. The maximum Gasteiger partial charge on any atom is 0.237 e. The van der Waals surface area contributed by atoms with Crippen LogP contribution in [0.2, 0.25) is 10.0 Å². The fourth-order valence-corrected chi connectivity index (χ4v) is 5.64. The molecule has 6 nitrogen and oxygen atoms in total. The molecule has 1 aromatic heterocycles. The molecule has 4 atom stereocenters. The van der Waals surface area contributed by atoms with E-state index in [1.54, 1.807) is 36.8 Å². The second kappa shape index (κ2) is 11.1. The van der Waals surface area contributed by atoms with E-state index in [9.17, 15) is 4.79 Å². The van der Waals surface area contributed by atoms with Crippen molar-refractivity contribution in [2.75, 3.05) is 6.54 Å². The Bertz CT molecular complexity index is 1210. The van der Waals surface area contributed by atoms with Crippen LogP contribution in [0.5, 0.6) is 0 Å². The molecule has 0 spiro atoms. The highest BCUT2D eigenvalue weighted by Crippen LogP contribution is 2.49. The van der Waals surface area contributed by atoms with Gasteiger partial charge in [0.05, 0.1) is 22.9 Å². The quantitative estimate of drug-likeness (QED) is 0.337. The van der Waals surface area contributed by atoms with Gasteiger partial charge < -0.3 is 20.9 Å². The number of nitrogens with two attached hydrogens (primary N) is 1. The lowest BCUT2D eigenvalue weighted by Gasteiger charge is -2.39. The van der Waals surface area contributed by atoms with Gasteiger partial charge in [0.2, 0.25) is 5.91 Å². The van der Waals surface area contributed by atoms with Crippen LogP contribution in [-0.4, -0.2) is 34.1 Å². The van der Waals surface area contributed by atoms with Crippen LogP contribution < -0.4 is 16.4 Å². The maximum atomic E-state index is 15.6. The van der Waals surface area contributed by atoms with Crippen molar-refractivity contribution in [1.29, 1.82) is 0 Å². The SMILES string of the molecule is CC(C)(C)C[C@@H]1N[C@@H](C(=O)NCCCn2ccnc2)[C@H](c2cccc(Cl)c2F)[C@@]1(N)c1ccc(Cl)cc1. The number of carbonyl (C=O) groups is 1. The van der Waals surface area contributed by atoms with Crippen LogP contribution in [0.3, 0.4) is 0 Å². The molecule has 198 valence electrons. The van der Waals surface area contributed by atoms with E-state index in [2.05, 4.69) is 36.4 Å². The topological polar surface area (TPSA) is 85.0 Å². The third-order valence-corrected chi connectivity index (χ3v) is 7.56. The number of imidazole rings is 1. The van der Waals surface area contributed by atoms with Gasteiger partial charge in [0.1, 0.15) is 5.82 Å². The van der Waals surface area contributed by atoms with E-state index in [1.165, 1.54) is 6.07 Å². The molecule has 3 aromatic rings. The molecule has 0 saturated carbocycles. The number of aromatic nitrogens is 2. The number of amides is 1. The highest BCUT2D eigenvalue weighted by Gasteiger charge is 2.57. The molecule has 0 unspecified atom stereocenters. The van der Waals surface area contributed by atoms with Crippen LogP contribution >= 0.6 is 23.2 Å². The number of nitrogens with zero attached hydrogens (tertiary/aromatic N) is 2. The van der Waals surface area contributed by atoms with Gasteiger partial charge in [-0.2, -0.15) is 0 Å². The normalized spacial score (nSPS) is 23.8. The van der Waals surface area contributed by atoms with Gasteiger partial charge >= 0.3 is 0 Å². The summed E-state index contributed by atoms with van der Waals surface area (Å²) in [6.45, 7) is 7.55. The average Bonchev–Trinajstić information content (AvgIpc) is 3.45. The Morgan fingerprint density at radius 3 is 2.59 bits per heavy atom. The molecule has 1 saturated heterocycles. The standard InChI is InChI=1S/C28H34Cl2FN5O/c1-27(2,3)16-22-28(32,18-8-10-19(29)11-9-18)23(20-6-4-7-21(30)24(20)31)25(35-22)26(37)34-12-5-14-36-15-13-33-17-36/h4,6-11,13,15,17,22-23,25,35H,5,12,14,16,32H2,1-3H3,(H,34,37)/t22-,23-,25+,28+/m0/s1. The smallest absolute Gasteiger partial charge is 0.237 e. The summed E-state index contributed by atoms with van der Waals surface area (Å²) in [4.78, 5) is 17.7. The van der Waals surface area contributed by atoms with Gasteiger partial charge in [-0.1, -0.05) is 68.2 Å².